The highest BCUT2D eigenvalue weighted by atomic mass is 32.2. The van der Waals surface area contributed by atoms with Gasteiger partial charge in [0.2, 0.25) is 10.0 Å². The van der Waals surface area contributed by atoms with E-state index in [0.29, 0.717) is 17.6 Å². The van der Waals surface area contributed by atoms with Gasteiger partial charge in [-0.25, -0.2) is 12.7 Å². The first kappa shape index (κ1) is 19.9. The average Bonchev–Trinajstić information content (AvgIpc) is 2.57. The first-order valence-electron chi connectivity index (χ1n) is 8.90. The van der Waals surface area contributed by atoms with Crippen LogP contribution in [-0.2, 0) is 14.8 Å². The lowest BCUT2D eigenvalue weighted by Gasteiger charge is -2.28. The molecule has 0 unspecified atom stereocenters. The maximum atomic E-state index is 12.5. The van der Waals surface area contributed by atoms with Crippen LogP contribution in [0.5, 0.6) is 0 Å². The van der Waals surface area contributed by atoms with Crippen LogP contribution in [0.25, 0.3) is 0 Å². The van der Waals surface area contributed by atoms with Gasteiger partial charge in [-0.1, -0.05) is 19.4 Å². The van der Waals surface area contributed by atoms with Crippen LogP contribution in [0.15, 0.2) is 29.2 Å². The highest BCUT2D eigenvalue weighted by Gasteiger charge is 2.28. The minimum Gasteiger partial charge on any atom is -0.334 e. The van der Waals surface area contributed by atoms with Crippen LogP contribution in [0.3, 0.4) is 0 Å². The van der Waals surface area contributed by atoms with Gasteiger partial charge in [-0.2, -0.15) is 0 Å². The Morgan fingerprint density at radius 2 is 1.96 bits per heavy atom. The predicted octanol–water partition coefficient (Wildman–Crippen LogP) is 1.41. The van der Waals surface area contributed by atoms with E-state index >= 15 is 0 Å². The molecule has 0 radical (unpaired) electrons. The van der Waals surface area contributed by atoms with Gasteiger partial charge in [-0.05, 0) is 44.4 Å². The second kappa shape index (κ2) is 8.29. The highest BCUT2D eigenvalue weighted by molar-refractivity contribution is 7.89. The number of hydrogen-bond donors (Lipinski definition) is 2. The molecule has 3 N–H and O–H groups in total. The number of carbonyl (C=O) groups excluding carboxylic acids is 1. The molecule has 1 aliphatic carbocycles. The average molecular weight is 369 g/mol. The summed E-state index contributed by atoms with van der Waals surface area (Å²) in [7, 11) is -0.533. The Morgan fingerprint density at radius 3 is 2.60 bits per heavy atom. The number of nitrogens with two attached hydrogens (primary N) is 1. The van der Waals surface area contributed by atoms with Crippen molar-refractivity contribution in [1.82, 2.24) is 4.31 Å². The number of amides is 1. The van der Waals surface area contributed by atoms with E-state index in [1.54, 1.807) is 12.1 Å². The van der Waals surface area contributed by atoms with E-state index in [2.05, 4.69) is 17.6 Å². The number of benzene rings is 1. The van der Waals surface area contributed by atoms with E-state index in [4.69, 9.17) is 0 Å². The van der Waals surface area contributed by atoms with Crippen molar-refractivity contribution in [2.45, 2.75) is 56.5 Å². The molecule has 140 valence electrons. The lowest BCUT2D eigenvalue weighted by atomic mass is 9.85. The first-order valence-corrected chi connectivity index (χ1v) is 10.3. The topological polar surface area (TPSA) is 83.1 Å². The van der Waals surface area contributed by atoms with E-state index in [9.17, 15) is 13.2 Å². The molecule has 0 spiro atoms. The summed E-state index contributed by atoms with van der Waals surface area (Å²) in [5.41, 5.74) is 0.505. The molecule has 1 saturated carbocycles. The van der Waals surface area contributed by atoms with Crippen LogP contribution >= 0.6 is 0 Å². The van der Waals surface area contributed by atoms with Gasteiger partial charge in [0.25, 0.3) is 5.91 Å². The zero-order chi connectivity index (χ0) is 18.6. The second-order valence-electron chi connectivity index (χ2n) is 7.21. The van der Waals surface area contributed by atoms with E-state index in [1.165, 1.54) is 45.5 Å². The summed E-state index contributed by atoms with van der Waals surface area (Å²) in [4.78, 5) is 12.7. The summed E-state index contributed by atoms with van der Waals surface area (Å²) in [6.07, 6.45) is 4.87. The summed E-state index contributed by atoms with van der Waals surface area (Å²) in [5, 5.41) is 5.00. The summed E-state index contributed by atoms with van der Waals surface area (Å²) < 4.78 is 25.6. The van der Waals surface area contributed by atoms with Crippen LogP contribution in [0.4, 0.5) is 5.69 Å². The van der Waals surface area contributed by atoms with Crippen LogP contribution in [0.1, 0.15) is 39.5 Å². The Hall–Kier alpha value is -1.44. The van der Waals surface area contributed by atoms with Crippen molar-refractivity contribution in [2.24, 2.45) is 5.92 Å². The zero-order valence-electron chi connectivity index (χ0n) is 15.5. The molecule has 0 aromatic heterocycles. The molecule has 1 aliphatic rings. The lowest BCUT2D eigenvalue weighted by Crippen LogP contribution is -2.97. The van der Waals surface area contributed by atoms with Crippen molar-refractivity contribution in [3.8, 4) is 0 Å². The van der Waals surface area contributed by atoms with Crippen molar-refractivity contribution in [1.29, 1.82) is 0 Å². The largest absolute Gasteiger partial charge is 0.334 e. The van der Waals surface area contributed by atoms with Gasteiger partial charge in [-0.3, -0.25) is 4.79 Å². The number of nitrogens with zero attached hydrogens (tertiary/aromatic N) is 1. The van der Waals surface area contributed by atoms with Crippen molar-refractivity contribution in [2.75, 3.05) is 19.4 Å². The molecular weight excluding hydrogens is 338 g/mol. The maximum absolute atomic E-state index is 12.5. The third-order valence-corrected chi connectivity index (χ3v) is 6.82. The molecule has 6 nitrogen and oxygen atoms in total. The fourth-order valence-corrected chi connectivity index (χ4v) is 4.24. The standard InChI is InChI=1S/C18H29N3O3S/c1-13-8-5-6-11-17(13)19-14(2)18(22)20-15-9-7-10-16(12-15)25(23,24)21(3)4/h7,9-10,12-14,17,19H,5-6,8,11H2,1-4H3,(H,20,22)/p+1/t13-,14+,17+/m1/s1. The molecule has 0 heterocycles. The maximum Gasteiger partial charge on any atom is 0.282 e. The molecule has 25 heavy (non-hydrogen) atoms. The molecule has 1 aromatic carbocycles. The van der Waals surface area contributed by atoms with Crippen LogP contribution < -0.4 is 10.6 Å². The van der Waals surface area contributed by atoms with Crippen molar-refractivity contribution in [3.05, 3.63) is 24.3 Å². The summed E-state index contributed by atoms with van der Waals surface area (Å²) >= 11 is 0. The Bertz CT molecular complexity index is 703. The van der Waals surface area contributed by atoms with E-state index in [0.717, 1.165) is 10.7 Å². The molecule has 0 saturated heterocycles. The third-order valence-electron chi connectivity index (χ3n) is 5.01. The second-order valence-corrected chi connectivity index (χ2v) is 9.36. The molecule has 1 aromatic rings. The van der Waals surface area contributed by atoms with Gasteiger partial charge in [0.15, 0.2) is 6.04 Å². The van der Waals surface area contributed by atoms with Crippen LogP contribution in [0.2, 0.25) is 0 Å². The van der Waals surface area contributed by atoms with Crippen LogP contribution in [0, 0.1) is 5.92 Å². The lowest BCUT2D eigenvalue weighted by molar-refractivity contribution is -0.714. The Labute approximate surface area is 151 Å². The minimum atomic E-state index is -3.51. The molecular formula is C18H30N3O3S+. The number of quaternary nitrogens is 1. The van der Waals surface area contributed by atoms with Crippen molar-refractivity contribution in [3.63, 3.8) is 0 Å². The molecule has 0 aliphatic heterocycles. The number of rotatable bonds is 6. The van der Waals surface area contributed by atoms with E-state index < -0.39 is 10.0 Å². The molecule has 1 fully saturated rings. The zero-order valence-corrected chi connectivity index (χ0v) is 16.3. The highest BCUT2D eigenvalue weighted by Crippen LogP contribution is 2.21. The fourth-order valence-electron chi connectivity index (χ4n) is 3.29. The molecule has 1 amide bonds. The molecule has 2 rings (SSSR count). The Morgan fingerprint density at radius 1 is 1.28 bits per heavy atom. The van der Waals surface area contributed by atoms with Crippen molar-refractivity contribution < 1.29 is 18.5 Å². The number of anilines is 1. The monoisotopic (exact) mass is 368 g/mol. The normalized spacial score (nSPS) is 22.6. The van der Waals surface area contributed by atoms with Gasteiger partial charge in [-0.15, -0.1) is 0 Å². The molecule has 0 bridgehead atoms. The quantitative estimate of drug-likeness (QED) is 0.796. The number of carbonyl (C=O) groups is 1. The SMILES string of the molecule is C[C@H]([NH2+][C@H]1CCCC[C@H]1C)C(=O)Nc1cccc(S(=O)(=O)N(C)C)c1. The predicted molar refractivity (Wildman–Crippen MR) is 98.8 cm³/mol. The smallest absolute Gasteiger partial charge is 0.282 e. The summed E-state index contributed by atoms with van der Waals surface area (Å²) in [5.74, 6) is 0.523. The third kappa shape index (κ3) is 5.03. The molecule has 7 heteroatoms. The minimum absolute atomic E-state index is 0.0998. The molecule has 3 atom stereocenters. The number of sulfonamides is 1. The van der Waals surface area contributed by atoms with Crippen molar-refractivity contribution >= 4 is 21.6 Å². The van der Waals surface area contributed by atoms with Crippen LogP contribution in [-0.4, -0.2) is 44.8 Å². The van der Waals surface area contributed by atoms with E-state index in [-0.39, 0.29) is 16.8 Å². The van der Waals surface area contributed by atoms with Gasteiger partial charge in [0.1, 0.15) is 0 Å². The Balaban J connectivity index is 2.02. The number of nitrogens with one attached hydrogen (secondary N) is 1. The number of hydrogen-bond acceptors (Lipinski definition) is 3. The van der Waals surface area contributed by atoms with Gasteiger partial charge < -0.3 is 10.6 Å². The summed E-state index contributed by atoms with van der Waals surface area (Å²) in [6.45, 7) is 4.15. The van der Waals surface area contributed by atoms with Gasteiger partial charge in [0.05, 0.1) is 10.9 Å². The van der Waals surface area contributed by atoms with Gasteiger partial charge >= 0.3 is 0 Å². The fraction of sp³-hybridized carbons (Fsp3) is 0.611. The van der Waals surface area contributed by atoms with E-state index in [1.807, 2.05) is 6.92 Å². The first-order chi connectivity index (χ1) is 11.7. The Kier molecular flexibility index (Phi) is 6.59. The van der Waals surface area contributed by atoms with Gasteiger partial charge in [0, 0.05) is 25.7 Å². The summed E-state index contributed by atoms with van der Waals surface area (Å²) in [6, 6.07) is 6.66.